The summed E-state index contributed by atoms with van der Waals surface area (Å²) >= 11 is 0. The number of rotatable bonds is 1. The van der Waals surface area contributed by atoms with E-state index in [0.717, 1.165) is 19.4 Å². The molecule has 0 spiro atoms. The van der Waals surface area contributed by atoms with Crippen molar-refractivity contribution >= 4 is 11.7 Å². The monoisotopic (exact) mass is 194 g/mol. The number of fused-ring (bicyclic) bond motifs is 1. The van der Waals surface area contributed by atoms with Crippen molar-refractivity contribution < 1.29 is 9.59 Å². The number of nitrogens with one attached hydrogen (secondary N) is 1. The van der Waals surface area contributed by atoms with E-state index in [2.05, 4.69) is 5.43 Å². The molecule has 0 radical (unpaired) electrons. The van der Waals surface area contributed by atoms with E-state index in [1.165, 1.54) is 6.92 Å². The average molecular weight is 194 g/mol. The van der Waals surface area contributed by atoms with Crippen LogP contribution in [0.3, 0.4) is 0 Å². The zero-order chi connectivity index (χ0) is 10.3. The predicted octanol–water partition coefficient (Wildman–Crippen LogP) is 0.401. The topological polar surface area (TPSA) is 49.4 Å². The van der Waals surface area contributed by atoms with Crippen molar-refractivity contribution in [3.63, 3.8) is 0 Å². The summed E-state index contributed by atoms with van der Waals surface area (Å²) in [5.74, 6) is -0.424. The van der Waals surface area contributed by atoms with Gasteiger partial charge in [0, 0.05) is 6.54 Å². The highest BCUT2D eigenvalue weighted by Gasteiger charge is 2.41. The molecule has 2 aliphatic heterocycles. The van der Waals surface area contributed by atoms with Gasteiger partial charge >= 0.3 is 0 Å². The summed E-state index contributed by atoms with van der Waals surface area (Å²) in [4.78, 5) is 22.7. The van der Waals surface area contributed by atoms with Gasteiger partial charge in [-0.2, -0.15) is 0 Å². The van der Waals surface area contributed by atoms with Crippen LogP contribution in [0.2, 0.25) is 0 Å². The lowest BCUT2D eigenvalue weighted by Gasteiger charge is -2.36. The first-order valence-corrected chi connectivity index (χ1v) is 4.85. The van der Waals surface area contributed by atoms with Gasteiger partial charge in [0.1, 0.15) is 0 Å². The molecule has 0 aromatic carbocycles. The quantitative estimate of drug-likeness (QED) is 0.615. The Balaban J connectivity index is 2.39. The summed E-state index contributed by atoms with van der Waals surface area (Å²) in [5.41, 5.74) is 2.89. The van der Waals surface area contributed by atoms with E-state index in [0.29, 0.717) is 5.57 Å². The Hall–Kier alpha value is -1.16. The minimum absolute atomic E-state index is 0.157. The second-order valence-electron chi connectivity index (χ2n) is 4.17. The Morgan fingerprint density at radius 1 is 1.64 bits per heavy atom. The maximum absolute atomic E-state index is 11.5. The number of hydrazine groups is 1. The van der Waals surface area contributed by atoms with Crippen LogP contribution >= 0.6 is 0 Å². The summed E-state index contributed by atoms with van der Waals surface area (Å²) < 4.78 is 0. The van der Waals surface area contributed by atoms with Crippen LogP contribution in [0, 0.1) is 0 Å². The van der Waals surface area contributed by atoms with E-state index in [-0.39, 0.29) is 17.2 Å². The third kappa shape index (κ3) is 1.26. The molecule has 1 atom stereocenters. The van der Waals surface area contributed by atoms with Crippen molar-refractivity contribution in [2.24, 2.45) is 0 Å². The fourth-order valence-corrected chi connectivity index (χ4v) is 2.14. The standard InChI is InChI=1S/C10H14N2O2/c1-7(13)8-6-10(2)4-3-5-12(10)11-9(8)14/h6H,3-5H2,1-2H3,(H,11,14). The van der Waals surface area contributed by atoms with E-state index in [1.54, 1.807) is 6.08 Å². The molecule has 4 nitrogen and oxygen atoms in total. The molecule has 1 saturated heterocycles. The Bertz CT molecular complexity index is 335. The van der Waals surface area contributed by atoms with Crippen molar-refractivity contribution in [3.8, 4) is 0 Å². The first-order chi connectivity index (χ1) is 6.53. The Labute approximate surface area is 82.9 Å². The molecular weight excluding hydrogens is 180 g/mol. The first-order valence-electron chi connectivity index (χ1n) is 4.85. The number of Topliss-reactive ketones (excluding diaryl/α,β-unsaturated/α-hetero) is 1. The number of carbonyl (C=O) groups is 2. The van der Waals surface area contributed by atoms with Gasteiger partial charge in [0.05, 0.1) is 11.1 Å². The largest absolute Gasteiger partial charge is 0.294 e. The molecule has 2 aliphatic rings. The van der Waals surface area contributed by atoms with Crippen LogP contribution in [0.5, 0.6) is 0 Å². The van der Waals surface area contributed by atoms with Crippen LogP contribution in [-0.4, -0.2) is 28.8 Å². The maximum atomic E-state index is 11.5. The third-order valence-corrected chi connectivity index (χ3v) is 3.00. The summed E-state index contributed by atoms with van der Waals surface area (Å²) in [5, 5.41) is 1.92. The predicted molar refractivity (Wildman–Crippen MR) is 51.3 cm³/mol. The van der Waals surface area contributed by atoms with Crippen molar-refractivity contribution in [3.05, 3.63) is 11.6 Å². The SMILES string of the molecule is CC(=O)C1=CC2(C)CCCN2NC1=O. The Morgan fingerprint density at radius 3 is 3.00 bits per heavy atom. The minimum Gasteiger partial charge on any atom is -0.294 e. The number of ketones is 1. The molecule has 76 valence electrons. The van der Waals surface area contributed by atoms with E-state index in [1.807, 2.05) is 11.9 Å². The average Bonchev–Trinajstić information content (AvgIpc) is 2.45. The van der Waals surface area contributed by atoms with E-state index >= 15 is 0 Å². The highest BCUT2D eigenvalue weighted by Crippen LogP contribution is 2.32. The highest BCUT2D eigenvalue weighted by molar-refractivity contribution is 6.18. The molecule has 0 aromatic rings. The van der Waals surface area contributed by atoms with Gasteiger partial charge in [0.2, 0.25) is 0 Å². The molecular formula is C10H14N2O2. The molecule has 0 aromatic heterocycles. The van der Waals surface area contributed by atoms with Crippen molar-refractivity contribution in [1.82, 2.24) is 10.4 Å². The zero-order valence-corrected chi connectivity index (χ0v) is 8.46. The molecule has 0 aliphatic carbocycles. The fraction of sp³-hybridized carbons (Fsp3) is 0.600. The van der Waals surface area contributed by atoms with Gasteiger partial charge in [-0.3, -0.25) is 15.0 Å². The third-order valence-electron chi connectivity index (χ3n) is 3.00. The van der Waals surface area contributed by atoms with Crippen LogP contribution in [0.25, 0.3) is 0 Å². The van der Waals surface area contributed by atoms with E-state index in [4.69, 9.17) is 0 Å². The van der Waals surface area contributed by atoms with Gasteiger partial charge in [-0.1, -0.05) is 0 Å². The number of hydrogen-bond acceptors (Lipinski definition) is 3. The van der Waals surface area contributed by atoms with Crippen LogP contribution in [0.15, 0.2) is 11.6 Å². The first kappa shape index (κ1) is 9.40. The van der Waals surface area contributed by atoms with E-state index < -0.39 is 0 Å². The van der Waals surface area contributed by atoms with Crippen molar-refractivity contribution in [2.45, 2.75) is 32.2 Å². The van der Waals surface area contributed by atoms with Gasteiger partial charge in [0.25, 0.3) is 5.91 Å². The summed E-state index contributed by atoms with van der Waals surface area (Å²) in [6.45, 7) is 4.34. The fourth-order valence-electron chi connectivity index (χ4n) is 2.14. The normalized spacial score (nSPS) is 32.1. The van der Waals surface area contributed by atoms with Gasteiger partial charge in [-0.15, -0.1) is 0 Å². The Kier molecular flexibility index (Phi) is 1.96. The molecule has 1 amide bonds. The molecule has 1 unspecified atom stereocenters. The van der Waals surface area contributed by atoms with Crippen molar-refractivity contribution in [2.75, 3.05) is 6.54 Å². The molecule has 0 bridgehead atoms. The highest BCUT2D eigenvalue weighted by atomic mass is 16.2. The van der Waals surface area contributed by atoms with Crippen LogP contribution in [0.4, 0.5) is 0 Å². The summed E-state index contributed by atoms with van der Waals surface area (Å²) in [7, 11) is 0. The second-order valence-corrected chi connectivity index (χ2v) is 4.17. The smallest absolute Gasteiger partial charge is 0.268 e. The number of nitrogens with zero attached hydrogens (tertiary/aromatic N) is 1. The Morgan fingerprint density at radius 2 is 2.36 bits per heavy atom. The summed E-state index contributed by atoms with van der Waals surface area (Å²) in [6.07, 6.45) is 3.85. The molecule has 1 N–H and O–H groups in total. The molecule has 14 heavy (non-hydrogen) atoms. The minimum atomic E-state index is -0.267. The molecule has 2 rings (SSSR count). The van der Waals surface area contributed by atoms with Crippen LogP contribution in [0.1, 0.15) is 26.7 Å². The van der Waals surface area contributed by atoms with Gasteiger partial charge in [0.15, 0.2) is 5.78 Å². The van der Waals surface area contributed by atoms with E-state index in [9.17, 15) is 9.59 Å². The van der Waals surface area contributed by atoms with Gasteiger partial charge < -0.3 is 0 Å². The van der Waals surface area contributed by atoms with Crippen LogP contribution in [-0.2, 0) is 9.59 Å². The lowest BCUT2D eigenvalue weighted by molar-refractivity contribution is -0.127. The van der Waals surface area contributed by atoms with Crippen molar-refractivity contribution in [1.29, 1.82) is 0 Å². The number of carbonyl (C=O) groups excluding carboxylic acids is 2. The van der Waals surface area contributed by atoms with Crippen LogP contribution < -0.4 is 5.43 Å². The lowest BCUT2D eigenvalue weighted by Crippen LogP contribution is -2.55. The second kappa shape index (κ2) is 2.92. The lowest BCUT2D eigenvalue weighted by atomic mass is 9.93. The van der Waals surface area contributed by atoms with Gasteiger partial charge in [-0.25, -0.2) is 5.01 Å². The summed E-state index contributed by atoms with van der Waals surface area (Å²) in [6, 6.07) is 0. The maximum Gasteiger partial charge on any atom is 0.268 e. The van der Waals surface area contributed by atoms with Gasteiger partial charge in [-0.05, 0) is 32.8 Å². The molecule has 4 heteroatoms. The molecule has 0 saturated carbocycles. The number of amides is 1. The zero-order valence-electron chi connectivity index (χ0n) is 8.46. The molecule has 1 fully saturated rings. The number of hydrogen-bond donors (Lipinski definition) is 1. The molecule has 2 heterocycles.